The summed E-state index contributed by atoms with van der Waals surface area (Å²) in [6, 6.07) is 4.99. The van der Waals surface area contributed by atoms with E-state index in [0.29, 0.717) is 6.04 Å². The van der Waals surface area contributed by atoms with Crippen LogP contribution in [-0.4, -0.2) is 48.7 Å². The lowest BCUT2D eigenvalue weighted by molar-refractivity contribution is -0.127. The minimum absolute atomic E-state index is 0.0638. The number of rotatable bonds is 5. The van der Waals surface area contributed by atoms with Crippen LogP contribution in [-0.2, 0) is 16.0 Å². The van der Waals surface area contributed by atoms with Gasteiger partial charge in [0.15, 0.2) is 0 Å². The first-order valence-corrected chi connectivity index (χ1v) is 9.28. The number of nitrogens with one attached hydrogen (secondary N) is 1. The first-order chi connectivity index (χ1) is 10.7. The Morgan fingerprint density at radius 2 is 2.27 bits per heavy atom. The van der Waals surface area contributed by atoms with Gasteiger partial charge < -0.3 is 10.1 Å². The summed E-state index contributed by atoms with van der Waals surface area (Å²) in [5, 5.41) is 5.31. The molecule has 3 rings (SSSR count). The van der Waals surface area contributed by atoms with E-state index in [-0.39, 0.29) is 18.0 Å². The van der Waals surface area contributed by atoms with Crippen LogP contribution in [0.25, 0.3) is 0 Å². The number of carbonyl (C=O) groups excluding carboxylic acids is 1. The van der Waals surface area contributed by atoms with Gasteiger partial charge >= 0.3 is 0 Å². The van der Waals surface area contributed by atoms with Gasteiger partial charge in [0.25, 0.3) is 0 Å². The van der Waals surface area contributed by atoms with Gasteiger partial charge in [0.05, 0.1) is 6.04 Å². The van der Waals surface area contributed by atoms with Crippen molar-refractivity contribution in [3.05, 3.63) is 22.4 Å². The fraction of sp³-hybridized carbons (Fsp3) is 0.706. The Bertz CT molecular complexity index is 471. The second-order valence-corrected chi connectivity index (χ2v) is 7.46. The maximum absolute atomic E-state index is 12.7. The lowest BCUT2D eigenvalue weighted by atomic mass is 10.1. The topological polar surface area (TPSA) is 41.6 Å². The molecule has 0 aliphatic carbocycles. The van der Waals surface area contributed by atoms with Crippen LogP contribution in [0.15, 0.2) is 17.5 Å². The monoisotopic (exact) mass is 322 g/mol. The van der Waals surface area contributed by atoms with E-state index in [9.17, 15) is 4.79 Å². The number of likely N-dealkylation sites (tertiary alicyclic amines) is 1. The largest absolute Gasteiger partial charge is 0.381 e. The molecule has 2 fully saturated rings. The van der Waals surface area contributed by atoms with E-state index in [4.69, 9.17) is 4.74 Å². The quantitative estimate of drug-likeness (QED) is 0.905. The van der Waals surface area contributed by atoms with Crippen molar-refractivity contribution < 1.29 is 9.53 Å². The molecule has 0 aromatic carbocycles. The van der Waals surface area contributed by atoms with Crippen LogP contribution in [0.4, 0.5) is 0 Å². The highest BCUT2D eigenvalue weighted by Crippen LogP contribution is 2.25. The molecule has 3 heterocycles. The molecule has 2 atom stereocenters. The van der Waals surface area contributed by atoms with E-state index in [0.717, 1.165) is 51.9 Å². The molecule has 5 heteroatoms. The minimum Gasteiger partial charge on any atom is -0.381 e. The highest BCUT2D eigenvalue weighted by atomic mass is 32.1. The molecule has 1 aromatic heterocycles. The zero-order valence-electron chi connectivity index (χ0n) is 13.3. The maximum Gasteiger partial charge on any atom is 0.237 e. The summed E-state index contributed by atoms with van der Waals surface area (Å²) < 4.78 is 5.45. The number of hydrogen-bond acceptors (Lipinski definition) is 4. The van der Waals surface area contributed by atoms with Crippen LogP contribution in [0, 0.1) is 0 Å². The van der Waals surface area contributed by atoms with E-state index in [1.54, 1.807) is 11.3 Å². The second-order valence-electron chi connectivity index (χ2n) is 6.43. The molecule has 4 nitrogen and oxygen atoms in total. The zero-order valence-corrected chi connectivity index (χ0v) is 14.1. The molecule has 2 aliphatic rings. The maximum atomic E-state index is 12.7. The van der Waals surface area contributed by atoms with Crippen LogP contribution >= 0.6 is 11.3 Å². The van der Waals surface area contributed by atoms with Crippen molar-refractivity contribution in [3.63, 3.8) is 0 Å². The number of amides is 1. The highest BCUT2D eigenvalue weighted by Gasteiger charge is 2.36. The fourth-order valence-corrected chi connectivity index (χ4v) is 4.48. The highest BCUT2D eigenvalue weighted by molar-refractivity contribution is 7.09. The van der Waals surface area contributed by atoms with Gasteiger partial charge in [0.2, 0.25) is 5.91 Å². The van der Waals surface area contributed by atoms with E-state index in [1.807, 2.05) is 0 Å². The third-order valence-corrected chi connectivity index (χ3v) is 5.63. The molecule has 1 aromatic rings. The number of carbonyl (C=O) groups is 1. The summed E-state index contributed by atoms with van der Waals surface area (Å²) in [5.74, 6) is 0.216. The first kappa shape index (κ1) is 16.0. The Balaban J connectivity index is 1.53. The van der Waals surface area contributed by atoms with E-state index < -0.39 is 0 Å². The van der Waals surface area contributed by atoms with Gasteiger partial charge in [0.1, 0.15) is 0 Å². The third kappa shape index (κ3) is 3.89. The van der Waals surface area contributed by atoms with Crippen molar-refractivity contribution in [1.29, 1.82) is 0 Å². The number of hydrogen-bond donors (Lipinski definition) is 1. The van der Waals surface area contributed by atoms with E-state index in [1.165, 1.54) is 4.88 Å². The number of nitrogens with zero attached hydrogens (tertiary/aromatic N) is 1. The predicted octanol–water partition coefficient (Wildman–Crippen LogP) is 2.44. The van der Waals surface area contributed by atoms with Crippen LogP contribution < -0.4 is 5.32 Å². The molecule has 122 valence electrons. The summed E-state index contributed by atoms with van der Waals surface area (Å²) in [4.78, 5) is 16.4. The van der Waals surface area contributed by atoms with Crippen molar-refractivity contribution >= 4 is 17.2 Å². The molecule has 0 bridgehead atoms. The molecule has 22 heavy (non-hydrogen) atoms. The smallest absolute Gasteiger partial charge is 0.237 e. The van der Waals surface area contributed by atoms with E-state index >= 15 is 0 Å². The first-order valence-electron chi connectivity index (χ1n) is 8.40. The predicted molar refractivity (Wildman–Crippen MR) is 89.2 cm³/mol. The average molecular weight is 322 g/mol. The summed E-state index contributed by atoms with van der Waals surface area (Å²) in [7, 11) is 0. The molecule has 0 spiro atoms. The Morgan fingerprint density at radius 3 is 3.00 bits per heavy atom. The Labute approximate surface area is 136 Å². The zero-order chi connectivity index (χ0) is 15.4. The van der Waals surface area contributed by atoms with Gasteiger partial charge in [-0.25, -0.2) is 0 Å². The fourth-order valence-electron chi connectivity index (χ4n) is 3.64. The summed E-state index contributed by atoms with van der Waals surface area (Å²) in [5.41, 5.74) is 0. The third-order valence-electron chi connectivity index (χ3n) is 4.73. The molecule has 1 N–H and O–H groups in total. The van der Waals surface area contributed by atoms with Crippen LogP contribution in [0.5, 0.6) is 0 Å². The standard InChI is InChI=1S/C17H26N2O2S/c1-13(12-15-4-3-11-22-15)18-17(20)16-5-2-8-19(16)14-6-9-21-10-7-14/h3-4,11,13-14,16H,2,5-10,12H2,1H3,(H,18,20)/t13-,16+/m1/s1. The normalized spacial score (nSPS) is 25.2. The van der Waals surface area contributed by atoms with Crippen molar-refractivity contribution in [2.45, 2.75) is 57.2 Å². The van der Waals surface area contributed by atoms with Crippen molar-refractivity contribution in [3.8, 4) is 0 Å². The Morgan fingerprint density at radius 1 is 1.45 bits per heavy atom. The minimum atomic E-state index is 0.0638. The lowest BCUT2D eigenvalue weighted by Crippen LogP contribution is -2.51. The SMILES string of the molecule is C[C@H](Cc1cccs1)NC(=O)[C@@H]1CCCN1C1CCOCC1. The average Bonchev–Trinajstić information content (AvgIpc) is 3.18. The van der Waals surface area contributed by atoms with Gasteiger partial charge in [-0.1, -0.05) is 6.07 Å². The van der Waals surface area contributed by atoms with Gasteiger partial charge in [0, 0.05) is 36.6 Å². The Kier molecular flexibility index (Phi) is 5.50. The van der Waals surface area contributed by atoms with Gasteiger partial charge in [-0.3, -0.25) is 9.69 Å². The van der Waals surface area contributed by atoms with E-state index in [2.05, 4.69) is 34.7 Å². The van der Waals surface area contributed by atoms with Crippen LogP contribution in [0.2, 0.25) is 0 Å². The van der Waals surface area contributed by atoms with Crippen molar-refractivity contribution in [1.82, 2.24) is 10.2 Å². The molecular formula is C17H26N2O2S. The number of thiophene rings is 1. The molecular weight excluding hydrogens is 296 g/mol. The molecule has 0 unspecified atom stereocenters. The summed E-state index contributed by atoms with van der Waals surface area (Å²) in [6.45, 7) is 4.84. The summed E-state index contributed by atoms with van der Waals surface area (Å²) >= 11 is 1.76. The molecule has 2 saturated heterocycles. The van der Waals surface area contributed by atoms with Crippen molar-refractivity contribution in [2.24, 2.45) is 0 Å². The second kappa shape index (κ2) is 7.57. The molecule has 0 radical (unpaired) electrons. The number of ether oxygens (including phenoxy) is 1. The molecule has 1 amide bonds. The van der Waals surface area contributed by atoms with Gasteiger partial charge in [-0.05, 0) is 50.6 Å². The summed E-state index contributed by atoms with van der Waals surface area (Å²) in [6.07, 6.45) is 5.18. The van der Waals surface area contributed by atoms with Crippen LogP contribution in [0.3, 0.4) is 0 Å². The van der Waals surface area contributed by atoms with Gasteiger partial charge in [-0.15, -0.1) is 11.3 Å². The van der Waals surface area contributed by atoms with Gasteiger partial charge in [-0.2, -0.15) is 0 Å². The molecule has 0 saturated carbocycles. The van der Waals surface area contributed by atoms with Crippen molar-refractivity contribution in [2.75, 3.05) is 19.8 Å². The van der Waals surface area contributed by atoms with Crippen LogP contribution in [0.1, 0.15) is 37.5 Å². The molecule has 2 aliphatic heterocycles. The lowest BCUT2D eigenvalue weighted by Gasteiger charge is -2.35. The Hall–Kier alpha value is -0.910.